The summed E-state index contributed by atoms with van der Waals surface area (Å²) in [6.07, 6.45) is 8.39. The lowest BCUT2D eigenvalue weighted by Gasteiger charge is -2.31. The van der Waals surface area contributed by atoms with Crippen LogP contribution >= 0.6 is 0 Å². The van der Waals surface area contributed by atoms with Crippen molar-refractivity contribution in [3.63, 3.8) is 0 Å². The van der Waals surface area contributed by atoms with Crippen LogP contribution in [0.2, 0.25) is 0 Å². The van der Waals surface area contributed by atoms with Gasteiger partial charge in [0.1, 0.15) is 0 Å². The third-order valence-corrected chi connectivity index (χ3v) is 6.13. The molecule has 8 heteroatoms. The number of carbonyl (C=O) groups excluding carboxylic acids is 2. The summed E-state index contributed by atoms with van der Waals surface area (Å²) >= 11 is 0. The van der Waals surface area contributed by atoms with E-state index in [1.807, 2.05) is 41.3 Å². The number of ether oxygens (including phenoxy) is 4. The van der Waals surface area contributed by atoms with Gasteiger partial charge in [-0.15, -0.1) is 0 Å². The molecule has 0 aromatic heterocycles. The van der Waals surface area contributed by atoms with Crippen LogP contribution in [0.5, 0.6) is 23.0 Å². The number of amides is 2. The summed E-state index contributed by atoms with van der Waals surface area (Å²) in [6.45, 7) is 2.41. The minimum Gasteiger partial charge on any atom is -0.454 e. The molecule has 1 fully saturated rings. The van der Waals surface area contributed by atoms with Gasteiger partial charge >= 0.3 is 0 Å². The van der Waals surface area contributed by atoms with Crippen molar-refractivity contribution in [3.8, 4) is 23.0 Å². The minimum atomic E-state index is -0.136. The van der Waals surface area contributed by atoms with E-state index in [1.54, 1.807) is 18.2 Å². The lowest BCUT2D eigenvalue weighted by atomic mass is 9.96. The fraction of sp³-hybridized carbons (Fsp3) is 0.308. The molecule has 0 radical (unpaired) electrons. The molecule has 0 bridgehead atoms. The molecule has 8 nitrogen and oxygen atoms in total. The van der Waals surface area contributed by atoms with Gasteiger partial charge in [0.25, 0.3) is 0 Å². The molecule has 1 saturated heterocycles. The van der Waals surface area contributed by atoms with Gasteiger partial charge in [0, 0.05) is 31.8 Å². The first-order valence-electron chi connectivity index (χ1n) is 11.4. The van der Waals surface area contributed by atoms with Gasteiger partial charge in [-0.3, -0.25) is 9.59 Å². The second-order valence-electron chi connectivity index (χ2n) is 8.41. The van der Waals surface area contributed by atoms with Crippen LogP contribution in [0.25, 0.3) is 12.2 Å². The topological polar surface area (TPSA) is 86.3 Å². The van der Waals surface area contributed by atoms with Crippen LogP contribution in [0.3, 0.4) is 0 Å². The Morgan fingerprint density at radius 1 is 0.824 bits per heavy atom. The highest BCUT2D eigenvalue weighted by Crippen LogP contribution is 2.33. The lowest BCUT2D eigenvalue weighted by Crippen LogP contribution is -2.40. The number of piperidine rings is 1. The van der Waals surface area contributed by atoms with E-state index in [4.69, 9.17) is 18.9 Å². The first-order chi connectivity index (χ1) is 16.6. The highest BCUT2D eigenvalue weighted by molar-refractivity contribution is 5.92. The quantitative estimate of drug-likeness (QED) is 0.664. The molecule has 3 aliphatic rings. The van der Waals surface area contributed by atoms with E-state index in [9.17, 15) is 9.59 Å². The molecule has 0 spiro atoms. The Labute approximate surface area is 197 Å². The molecule has 2 aromatic carbocycles. The van der Waals surface area contributed by atoms with Crippen molar-refractivity contribution in [2.75, 3.05) is 33.2 Å². The third-order valence-electron chi connectivity index (χ3n) is 6.13. The predicted octanol–water partition coefficient (Wildman–Crippen LogP) is 3.23. The smallest absolute Gasteiger partial charge is 0.246 e. The minimum absolute atomic E-state index is 0.00758. The number of hydrogen-bond donors (Lipinski definition) is 1. The number of benzene rings is 2. The molecule has 1 N–H and O–H groups in total. The van der Waals surface area contributed by atoms with Crippen LogP contribution in [0.4, 0.5) is 0 Å². The molecule has 2 aromatic rings. The fourth-order valence-electron chi connectivity index (χ4n) is 4.14. The fourth-order valence-corrected chi connectivity index (χ4v) is 4.14. The highest BCUT2D eigenvalue weighted by atomic mass is 16.7. The van der Waals surface area contributed by atoms with Crippen molar-refractivity contribution in [1.29, 1.82) is 0 Å². The number of nitrogens with one attached hydrogen (secondary N) is 1. The molecule has 0 atom stereocenters. The maximum atomic E-state index is 12.6. The molecular formula is C26H26N2O6. The van der Waals surface area contributed by atoms with Crippen molar-refractivity contribution in [2.45, 2.75) is 12.8 Å². The standard InChI is InChI=1S/C26H26N2O6/c29-25(7-3-18-1-5-21-23(13-18)33-16-31-21)27-15-20-9-11-28(12-10-20)26(30)8-4-19-2-6-22-24(14-19)34-17-32-22/h1-8,13-14,20H,9-12,15-17H2,(H,27,29)/b7-3+,8-4+. The number of rotatable bonds is 6. The predicted molar refractivity (Wildman–Crippen MR) is 126 cm³/mol. The number of likely N-dealkylation sites (tertiary alicyclic amines) is 1. The Hall–Kier alpha value is -3.94. The molecule has 176 valence electrons. The van der Waals surface area contributed by atoms with Gasteiger partial charge in [0.15, 0.2) is 23.0 Å². The van der Waals surface area contributed by atoms with Crippen molar-refractivity contribution < 1.29 is 28.5 Å². The lowest BCUT2D eigenvalue weighted by molar-refractivity contribution is -0.127. The molecule has 3 heterocycles. The Morgan fingerprint density at radius 3 is 2.00 bits per heavy atom. The summed E-state index contributed by atoms with van der Waals surface area (Å²) in [5.41, 5.74) is 1.77. The van der Waals surface area contributed by atoms with Crippen molar-refractivity contribution in [1.82, 2.24) is 10.2 Å². The SMILES string of the molecule is O=C(/C=C/c1ccc2c(c1)OCO2)NCC1CCN(C(=O)/C=C/c2ccc3c(c2)OCO3)CC1. The van der Waals surface area contributed by atoms with Crippen molar-refractivity contribution >= 4 is 24.0 Å². The number of carbonyl (C=O) groups is 2. The van der Waals surface area contributed by atoms with Crippen LogP contribution < -0.4 is 24.3 Å². The van der Waals surface area contributed by atoms with Crippen LogP contribution in [-0.4, -0.2) is 49.9 Å². The second kappa shape index (κ2) is 9.91. The molecular weight excluding hydrogens is 436 g/mol. The van der Waals surface area contributed by atoms with E-state index >= 15 is 0 Å². The molecule has 34 heavy (non-hydrogen) atoms. The van der Waals surface area contributed by atoms with Gasteiger partial charge in [0.05, 0.1) is 0 Å². The summed E-state index contributed by atoms with van der Waals surface area (Å²) in [5, 5.41) is 2.96. The molecule has 0 saturated carbocycles. The summed E-state index contributed by atoms with van der Waals surface area (Å²) in [7, 11) is 0. The van der Waals surface area contributed by atoms with E-state index in [0.717, 1.165) is 35.5 Å². The average molecular weight is 463 g/mol. The summed E-state index contributed by atoms with van der Waals surface area (Å²) < 4.78 is 21.3. The maximum Gasteiger partial charge on any atom is 0.246 e. The number of hydrogen-bond acceptors (Lipinski definition) is 6. The Bertz CT molecular complexity index is 1130. The molecule has 0 aliphatic carbocycles. The highest BCUT2D eigenvalue weighted by Gasteiger charge is 2.22. The van der Waals surface area contributed by atoms with Crippen LogP contribution in [0, 0.1) is 5.92 Å². The van der Waals surface area contributed by atoms with Crippen LogP contribution in [0.15, 0.2) is 48.6 Å². The Kier molecular flexibility index (Phi) is 6.38. The molecule has 3 aliphatic heterocycles. The monoisotopic (exact) mass is 462 g/mol. The molecule has 2 amide bonds. The van der Waals surface area contributed by atoms with Gasteiger partial charge in [0.2, 0.25) is 25.4 Å². The zero-order valence-corrected chi connectivity index (χ0v) is 18.7. The second-order valence-corrected chi connectivity index (χ2v) is 8.41. The maximum absolute atomic E-state index is 12.6. The Morgan fingerprint density at radius 2 is 1.38 bits per heavy atom. The van der Waals surface area contributed by atoms with Gasteiger partial charge < -0.3 is 29.2 Å². The molecule has 5 rings (SSSR count). The largest absolute Gasteiger partial charge is 0.454 e. The average Bonchev–Trinajstić information content (AvgIpc) is 3.53. The van der Waals surface area contributed by atoms with E-state index in [0.29, 0.717) is 37.1 Å². The first-order valence-corrected chi connectivity index (χ1v) is 11.4. The number of nitrogens with zero attached hydrogens (tertiary/aromatic N) is 1. The van der Waals surface area contributed by atoms with Crippen LogP contribution in [-0.2, 0) is 9.59 Å². The Balaban J connectivity index is 1.04. The van der Waals surface area contributed by atoms with E-state index < -0.39 is 0 Å². The normalized spacial score (nSPS) is 17.0. The third kappa shape index (κ3) is 5.17. The van der Waals surface area contributed by atoms with Crippen molar-refractivity contribution in [3.05, 3.63) is 59.7 Å². The van der Waals surface area contributed by atoms with Gasteiger partial charge in [-0.2, -0.15) is 0 Å². The zero-order chi connectivity index (χ0) is 23.3. The first kappa shape index (κ1) is 21.9. The van der Waals surface area contributed by atoms with Crippen molar-refractivity contribution in [2.24, 2.45) is 5.92 Å². The van der Waals surface area contributed by atoms with Crippen LogP contribution in [0.1, 0.15) is 24.0 Å². The summed E-state index contributed by atoms with van der Waals surface area (Å²) in [6, 6.07) is 11.2. The van der Waals surface area contributed by atoms with E-state index in [-0.39, 0.29) is 25.4 Å². The summed E-state index contributed by atoms with van der Waals surface area (Å²) in [5.74, 6) is 3.04. The number of fused-ring (bicyclic) bond motifs is 2. The van der Waals surface area contributed by atoms with Gasteiger partial charge in [-0.25, -0.2) is 0 Å². The van der Waals surface area contributed by atoms with E-state index in [2.05, 4.69) is 5.32 Å². The van der Waals surface area contributed by atoms with Gasteiger partial charge in [-0.05, 0) is 66.3 Å². The molecule has 0 unspecified atom stereocenters. The zero-order valence-electron chi connectivity index (χ0n) is 18.7. The van der Waals surface area contributed by atoms with E-state index in [1.165, 1.54) is 6.08 Å². The summed E-state index contributed by atoms with van der Waals surface area (Å²) in [4.78, 5) is 26.6. The van der Waals surface area contributed by atoms with Gasteiger partial charge in [-0.1, -0.05) is 12.1 Å².